The highest BCUT2D eigenvalue weighted by Gasteiger charge is 2.29. The van der Waals surface area contributed by atoms with Crippen LogP contribution in [0, 0.1) is 11.7 Å². The summed E-state index contributed by atoms with van der Waals surface area (Å²) in [6.45, 7) is 1.24. The summed E-state index contributed by atoms with van der Waals surface area (Å²) in [6.07, 6.45) is 3.04. The molecule has 32 heavy (non-hydrogen) atoms. The minimum Gasteiger partial charge on any atom is -0.355 e. The average Bonchev–Trinajstić information content (AvgIpc) is 3.25. The average molecular weight is 452 g/mol. The molecular weight excluding hydrogens is 433 g/mol. The summed E-state index contributed by atoms with van der Waals surface area (Å²) in [4.78, 5) is 23.6. The van der Waals surface area contributed by atoms with Gasteiger partial charge in [-0.05, 0) is 61.4 Å². The monoisotopic (exact) mass is 451 g/mol. The Kier molecular flexibility index (Phi) is 5.45. The summed E-state index contributed by atoms with van der Waals surface area (Å²) in [5.74, 6) is 0.0631. The van der Waals surface area contributed by atoms with E-state index < -0.39 is 0 Å². The first-order chi connectivity index (χ1) is 15.6. The van der Waals surface area contributed by atoms with Crippen molar-refractivity contribution >= 4 is 40.1 Å². The van der Waals surface area contributed by atoms with E-state index in [4.69, 9.17) is 16.1 Å². The topological polar surface area (TPSA) is 84.2 Å². The smallest absolute Gasteiger partial charge is 0.263 e. The number of benzene rings is 2. The number of nitrogens with zero attached hydrogens (tertiary/aromatic N) is 4. The number of carbonyl (C=O) groups excluding carboxylic acids is 1. The molecule has 4 aromatic rings. The van der Waals surface area contributed by atoms with Crippen LogP contribution in [0.1, 0.15) is 12.8 Å². The molecule has 5 rings (SSSR count). The van der Waals surface area contributed by atoms with Crippen LogP contribution in [0.15, 0.2) is 59.4 Å². The number of anilines is 2. The number of piperidine rings is 1. The lowest BCUT2D eigenvalue weighted by molar-refractivity contribution is -0.120. The van der Waals surface area contributed by atoms with Crippen molar-refractivity contribution < 1.29 is 13.7 Å². The first kappa shape index (κ1) is 20.4. The van der Waals surface area contributed by atoms with Crippen LogP contribution in [0.25, 0.3) is 22.4 Å². The molecule has 162 valence electrons. The van der Waals surface area contributed by atoms with Crippen LogP contribution in [0.2, 0.25) is 5.02 Å². The summed E-state index contributed by atoms with van der Waals surface area (Å²) in [6, 6.07) is 13.1. The first-order valence-electron chi connectivity index (χ1n) is 10.3. The van der Waals surface area contributed by atoms with Gasteiger partial charge in [-0.3, -0.25) is 4.79 Å². The van der Waals surface area contributed by atoms with Gasteiger partial charge in [-0.2, -0.15) is 4.98 Å². The van der Waals surface area contributed by atoms with E-state index in [0.717, 1.165) is 19.4 Å². The largest absolute Gasteiger partial charge is 0.355 e. The molecule has 3 heterocycles. The molecule has 1 atom stereocenters. The van der Waals surface area contributed by atoms with Gasteiger partial charge in [0.15, 0.2) is 0 Å². The van der Waals surface area contributed by atoms with Crippen molar-refractivity contribution in [2.75, 3.05) is 23.3 Å². The van der Waals surface area contributed by atoms with Gasteiger partial charge < -0.3 is 14.7 Å². The lowest BCUT2D eigenvalue weighted by atomic mass is 9.96. The summed E-state index contributed by atoms with van der Waals surface area (Å²) in [5, 5.41) is 8.38. The van der Waals surface area contributed by atoms with Crippen molar-refractivity contribution in [3.8, 4) is 11.3 Å². The third-order valence-corrected chi connectivity index (χ3v) is 5.83. The van der Waals surface area contributed by atoms with Gasteiger partial charge in [-0.25, -0.2) is 9.37 Å². The van der Waals surface area contributed by atoms with Crippen molar-refractivity contribution in [3.05, 3.63) is 65.7 Å². The van der Waals surface area contributed by atoms with Crippen LogP contribution >= 0.6 is 11.6 Å². The normalized spacial score (nSPS) is 16.3. The molecule has 0 radical (unpaired) electrons. The molecule has 1 N–H and O–H groups in total. The van der Waals surface area contributed by atoms with Crippen LogP contribution < -0.4 is 10.2 Å². The Morgan fingerprint density at radius 1 is 1.12 bits per heavy atom. The minimum atomic E-state index is -0.330. The number of nitrogens with one attached hydrogen (secondary N) is 1. The van der Waals surface area contributed by atoms with Crippen molar-refractivity contribution in [1.29, 1.82) is 0 Å². The Morgan fingerprint density at radius 2 is 1.91 bits per heavy atom. The molecule has 9 heteroatoms. The van der Waals surface area contributed by atoms with Gasteiger partial charge in [0.2, 0.25) is 5.91 Å². The van der Waals surface area contributed by atoms with Crippen molar-refractivity contribution in [1.82, 2.24) is 15.1 Å². The fourth-order valence-corrected chi connectivity index (χ4v) is 4.10. The zero-order valence-electron chi connectivity index (χ0n) is 17.0. The van der Waals surface area contributed by atoms with Gasteiger partial charge in [0.05, 0.1) is 5.92 Å². The van der Waals surface area contributed by atoms with Gasteiger partial charge in [0.25, 0.3) is 5.71 Å². The predicted octanol–water partition coefficient (Wildman–Crippen LogP) is 4.93. The molecule has 0 spiro atoms. The number of hydrogen-bond donors (Lipinski definition) is 1. The van der Waals surface area contributed by atoms with Crippen molar-refractivity contribution in [3.63, 3.8) is 0 Å². The third kappa shape index (κ3) is 4.01. The van der Waals surface area contributed by atoms with Gasteiger partial charge in [0, 0.05) is 29.4 Å². The Bertz CT molecular complexity index is 1260. The van der Waals surface area contributed by atoms with Crippen molar-refractivity contribution in [2.45, 2.75) is 12.8 Å². The molecule has 1 saturated heterocycles. The summed E-state index contributed by atoms with van der Waals surface area (Å²) in [5.41, 5.74) is 2.30. The molecule has 0 aliphatic carbocycles. The Balaban J connectivity index is 1.42. The lowest BCUT2D eigenvalue weighted by Crippen LogP contribution is -2.41. The molecule has 1 aliphatic rings. The lowest BCUT2D eigenvalue weighted by Gasteiger charge is -2.33. The standard InChI is InChI=1S/C23H19ClFN5O2/c24-16-5-9-18(10-6-16)28-22(31)15-2-1-11-30(12-15)21-19-20(14-3-7-17(25)8-4-14)29-32-23(19)27-13-26-21/h3-10,13,15H,1-2,11-12H2,(H,28,31). The molecule has 2 aromatic carbocycles. The third-order valence-electron chi connectivity index (χ3n) is 5.57. The predicted molar refractivity (Wildman–Crippen MR) is 120 cm³/mol. The molecular formula is C23H19ClFN5O2. The van der Waals surface area contributed by atoms with E-state index in [-0.39, 0.29) is 17.6 Å². The molecule has 0 bridgehead atoms. The number of rotatable bonds is 4. The Labute approximate surface area is 188 Å². The van der Waals surface area contributed by atoms with E-state index in [1.165, 1.54) is 18.5 Å². The zero-order chi connectivity index (χ0) is 22.1. The molecule has 1 amide bonds. The molecule has 1 unspecified atom stereocenters. The van der Waals surface area contributed by atoms with E-state index in [0.29, 0.717) is 45.4 Å². The highest BCUT2D eigenvalue weighted by atomic mass is 35.5. The van der Waals surface area contributed by atoms with E-state index in [9.17, 15) is 9.18 Å². The minimum absolute atomic E-state index is 0.0496. The van der Waals surface area contributed by atoms with E-state index in [1.54, 1.807) is 36.4 Å². The number of halogens is 2. The molecule has 7 nitrogen and oxygen atoms in total. The second kappa shape index (κ2) is 8.55. The molecule has 1 aliphatic heterocycles. The summed E-state index contributed by atoms with van der Waals surface area (Å²) < 4.78 is 18.8. The number of carbonyl (C=O) groups is 1. The second-order valence-corrected chi connectivity index (χ2v) is 8.13. The first-order valence-corrected chi connectivity index (χ1v) is 10.6. The van der Waals surface area contributed by atoms with E-state index in [2.05, 4.69) is 25.3 Å². The Hall–Kier alpha value is -3.52. The maximum atomic E-state index is 13.4. The molecule has 0 saturated carbocycles. The van der Waals surface area contributed by atoms with Crippen molar-refractivity contribution in [2.24, 2.45) is 5.92 Å². The Morgan fingerprint density at radius 3 is 2.69 bits per heavy atom. The van der Waals surface area contributed by atoms with Gasteiger partial charge >= 0.3 is 0 Å². The van der Waals surface area contributed by atoms with Crippen LogP contribution in [-0.4, -0.2) is 34.1 Å². The number of aromatic nitrogens is 3. The molecule has 2 aromatic heterocycles. The van der Waals surface area contributed by atoms with E-state index >= 15 is 0 Å². The van der Waals surface area contributed by atoms with Crippen LogP contribution in [0.4, 0.5) is 15.9 Å². The van der Waals surface area contributed by atoms with Gasteiger partial charge in [-0.1, -0.05) is 16.8 Å². The van der Waals surface area contributed by atoms with Crippen LogP contribution in [0.5, 0.6) is 0 Å². The summed E-state index contributed by atoms with van der Waals surface area (Å²) in [7, 11) is 0. The fourth-order valence-electron chi connectivity index (χ4n) is 3.98. The highest BCUT2D eigenvalue weighted by molar-refractivity contribution is 6.30. The number of hydrogen-bond acceptors (Lipinski definition) is 6. The number of amides is 1. The fraction of sp³-hybridized carbons (Fsp3) is 0.217. The molecule has 1 fully saturated rings. The van der Waals surface area contributed by atoms with Crippen LogP contribution in [-0.2, 0) is 4.79 Å². The van der Waals surface area contributed by atoms with Crippen LogP contribution in [0.3, 0.4) is 0 Å². The quantitative estimate of drug-likeness (QED) is 0.473. The van der Waals surface area contributed by atoms with Gasteiger partial charge in [0.1, 0.15) is 29.0 Å². The maximum Gasteiger partial charge on any atom is 0.263 e. The number of fused-ring (bicyclic) bond motifs is 1. The summed E-state index contributed by atoms with van der Waals surface area (Å²) >= 11 is 5.92. The van der Waals surface area contributed by atoms with E-state index in [1.807, 2.05) is 0 Å². The second-order valence-electron chi connectivity index (χ2n) is 7.70. The van der Waals surface area contributed by atoms with Gasteiger partial charge in [-0.15, -0.1) is 0 Å². The highest BCUT2D eigenvalue weighted by Crippen LogP contribution is 2.35. The zero-order valence-corrected chi connectivity index (χ0v) is 17.7. The SMILES string of the molecule is O=C(Nc1ccc(Cl)cc1)C1CCCN(c2ncnc3onc(-c4ccc(F)cc4)c23)C1. The maximum absolute atomic E-state index is 13.4.